The molecule has 32 heavy (non-hydrogen) atoms. The Bertz CT molecular complexity index is 1110. The third kappa shape index (κ3) is 4.43. The molecule has 3 rings (SSSR count). The molecule has 0 bridgehead atoms. The lowest BCUT2D eigenvalue weighted by molar-refractivity contribution is 0.0838. The van der Waals surface area contributed by atoms with Crippen LogP contribution in [0.25, 0.3) is 0 Å². The highest BCUT2D eigenvalue weighted by molar-refractivity contribution is 6.04. The van der Waals surface area contributed by atoms with Crippen molar-refractivity contribution in [2.24, 2.45) is 0 Å². The van der Waals surface area contributed by atoms with Crippen molar-refractivity contribution in [3.05, 3.63) is 64.3 Å². The molecular weight excluding hydrogens is 412 g/mol. The first-order valence-corrected chi connectivity index (χ1v) is 10.3. The van der Waals surface area contributed by atoms with Crippen LogP contribution in [0, 0.1) is 0 Å². The zero-order valence-corrected chi connectivity index (χ0v) is 18.3. The van der Waals surface area contributed by atoms with Gasteiger partial charge >= 0.3 is 0 Å². The van der Waals surface area contributed by atoms with E-state index in [9.17, 15) is 30.3 Å². The van der Waals surface area contributed by atoms with Crippen LogP contribution in [0.4, 0.5) is 0 Å². The lowest BCUT2D eigenvalue weighted by Gasteiger charge is -2.30. The molecule has 0 radical (unpaired) electrons. The number of aromatic hydroxyl groups is 4. The fourth-order valence-electron chi connectivity index (χ4n) is 3.64. The normalized spacial score (nSPS) is 16.1. The quantitative estimate of drug-likeness (QED) is 0.336. The number of Topliss-reactive ketones (excluding diaryl/α,β-unsaturated/α-hetero) is 1. The summed E-state index contributed by atoms with van der Waals surface area (Å²) in [6.07, 6.45) is 0.0294. The number of aliphatic hydroxyl groups excluding tert-OH is 1. The Labute approximate surface area is 186 Å². The maximum Gasteiger partial charge on any atom is 0.174 e. The Morgan fingerprint density at radius 2 is 1.81 bits per heavy atom. The number of fused-ring (bicyclic) bond motifs is 1. The molecule has 0 aliphatic carbocycles. The summed E-state index contributed by atoms with van der Waals surface area (Å²) < 4.78 is 6.05. The Hall–Kier alpha value is -3.45. The van der Waals surface area contributed by atoms with Crippen LogP contribution in [0.1, 0.15) is 60.3 Å². The Morgan fingerprint density at radius 1 is 1.12 bits per heavy atom. The zero-order chi connectivity index (χ0) is 23.7. The van der Waals surface area contributed by atoms with Crippen LogP contribution in [0.5, 0.6) is 28.7 Å². The molecule has 5 N–H and O–H groups in total. The van der Waals surface area contributed by atoms with Gasteiger partial charge in [0.25, 0.3) is 0 Å². The van der Waals surface area contributed by atoms with Crippen molar-refractivity contribution in [3.63, 3.8) is 0 Å². The zero-order valence-electron chi connectivity index (χ0n) is 18.3. The van der Waals surface area contributed by atoms with Gasteiger partial charge in [0.1, 0.15) is 28.9 Å². The maximum absolute atomic E-state index is 13.1. The van der Waals surface area contributed by atoms with E-state index >= 15 is 0 Å². The van der Waals surface area contributed by atoms with Crippen LogP contribution in [0.3, 0.4) is 0 Å². The molecule has 0 aromatic heterocycles. The molecule has 2 atom stereocenters. The van der Waals surface area contributed by atoms with Gasteiger partial charge in [-0.1, -0.05) is 29.9 Å². The highest BCUT2D eigenvalue weighted by atomic mass is 16.5. The van der Waals surface area contributed by atoms with E-state index in [1.807, 2.05) is 19.9 Å². The SMILES string of the molecule is C=C(C)[C@H](O)Cc1c(O)c(CC=C(C)C)c(O)c2c1O[C@H](c1ccc(O)c(O)c1)CC2=O. The van der Waals surface area contributed by atoms with Crippen molar-refractivity contribution in [2.45, 2.75) is 52.2 Å². The van der Waals surface area contributed by atoms with Gasteiger partial charge < -0.3 is 30.3 Å². The van der Waals surface area contributed by atoms with Gasteiger partial charge in [-0.2, -0.15) is 0 Å². The lowest BCUT2D eigenvalue weighted by atomic mass is 9.88. The summed E-state index contributed by atoms with van der Waals surface area (Å²) in [5.41, 5.74) is 2.23. The minimum Gasteiger partial charge on any atom is -0.507 e. The second-order valence-corrected chi connectivity index (χ2v) is 8.39. The summed E-state index contributed by atoms with van der Waals surface area (Å²) in [5.74, 6) is -1.66. The second kappa shape index (κ2) is 8.96. The van der Waals surface area contributed by atoms with Crippen molar-refractivity contribution in [1.82, 2.24) is 0 Å². The molecule has 0 spiro atoms. The summed E-state index contributed by atoms with van der Waals surface area (Å²) >= 11 is 0. The van der Waals surface area contributed by atoms with Crippen molar-refractivity contribution in [1.29, 1.82) is 0 Å². The molecule has 1 aliphatic rings. The van der Waals surface area contributed by atoms with Gasteiger partial charge in [-0.25, -0.2) is 0 Å². The number of benzene rings is 2. The molecule has 1 aliphatic heterocycles. The fraction of sp³-hybridized carbons (Fsp3) is 0.320. The van der Waals surface area contributed by atoms with E-state index in [1.54, 1.807) is 6.92 Å². The van der Waals surface area contributed by atoms with Crippen LogP contribution >= 0.6 is 0 Å². The van der Waals surface area contributed by atoms with Gasteiger partial charge in [0.15, 0.2) is 17.3 Å². The number of hydrogen-bond donors (Lipinski definition) is 5. The highest BCUT2D eigenvalue weighted by Crippen LogP contribution is 2.49. The van der Waals surface area contributed by atoms with Crippen molar-refractivity contribution < 1.29 is 35.1 Å². The van der Waals surface area contributed by atoms with Crippen molar-refractivity contribution >= 4 is 5.78 Å². The number of hydrogen-bond acceptors (Lipinski definition) is 7. The maximum atomic E-state index is 13.1. The largest absolute Gasteiger partial charge is 0.507 e. The first kappa shape index (κ1) is 23.2. The number of carbonyl (C=O) groups is 1. The molecule has 7 heteroatoms. The predicted octanol–water partition coefficient (Wildman–Crippen LogP) is 4.20. The Morgan fingerprint density at radius 3 is 2.41 bits per heavy atom. The fourth-order valence-corrected chi connectivity index (χ4v) is 3.64. The molecule has 0 saturated carbocycles. The van der Waals surface area contributed by atoms with Crippen LogP contribution in [-0.4, -0.2) is 37.4 Å². The predicted molar refractivity (Wildman–Crippen MR) is 120 cm³/mol. The van der Waals surface area contributed by atoms with Gasteiger partial charge in [0.05, 0.1) is 12.5 Å². The summed E-state index contributed by atoms with van der Waals surface area (Å²) in [6, 6.07) is 4.10. The minimum atomic E-state index is -0.998. The molecular formula is C25H28O7. The standard InChI is InChI=1S/C25H28O7/c1-12(2)5-7-15-23(30)16(10-18(27)13(3)4)25-22(24(15)31)20(29)11-21(32-25)14-6-8-17(26)19(28)9-14/h5-6,8-9,18,21,26-28,30-31H,3,7,10-11H2,1-2,4H3/t18-,21+/m1/s1. The van der Waals surface area contributed by atoms with Crippen molar-refractivity contribution in [3.8, 4) is 28.7 Å². The van der Waals surface area contributed by atoms with E-state index in [4.69, 9.17) is 4.74 Å². The molecule has 0 amide bonds. The number of ether oxygens (including phenoxy) is 1. The van der Waals surface area contributed by atoms with Crippen LogP contribution < -0.4 is 4.74 Å². The number of ketones is 1. The third-order valence-corrected chi connectivity index (χ3v) is 5.56. The average Bonchev–Trinajstić information content (AvgIpc) is 2.71. The third-order valence-electron chi connectivity index (χ3n) is 5.56. The van der Waals surface area contributed by atoms with Crippen LogP contribution in [0.2, 0.25) is 0 Å². The summed E-state index contributed by atoms with van der Waals surface area (Å²) in [6.45, 7) is 9.14. The van der Waals surface area contributed by atoms with Gasteiger partial charge in [-0.15, -0.1) is 0 Å². The number of aliphatic hydroxyl groups is 1. The van der Waals surface area contributed by atoms with Gasteiger partial charge in [0.2, 0.25) is 0 Å². The number of phenolic OH excluding ortho intramolecular Hbond substituents is 4. The molecule has 170 valence electrons. The number of phenols is 4. The smallest absolute Gasteiger partial charge is 0.174 e. The highest BCUT2D eigenvalue weighted by Gasteiger charge is 2.36. The molecule has 0 fully saturated rings. The molecule has 1 heterocycles. The van der Waals surface area contributed by atoms with E-state index in [0.717, 1.165) is 5.57 Å². The lowest BCUT2D eigenvalue weighted by Crippen LogP contribution is -2.23. The molecule has 0 saturated heterocycles. The summed E-state index contributed by atoms with van der Waals surface area (Å²) in [5, 5.41) is 51.7. The second-order valence-electron chi connectivity index (χ2n) is 8.39. The first-order valence-electron chi connectivity index (χ1n) is 10.3. The minimum absolute atomic E-state index is 0.00457. The Kier molecular flexibility index (Phi) is 6.50. The van der Waals surface area contributed by atoms with E-state index in [1.165, 1.54) is 18.2 Å². The average molecular weight is 440 g/mol. The van der Waals surface area contributed by atoms with E-state index < -0.39 is 18.0 Å². The van der Waals surface area contributed by atoms with E-state index in [2.05, 4.69) is 6.58 Å². The number of allylic oxidation sites excluding steroid dienone is 2. The van der Waals surface area contributed by atoms with E-state index in [0.29, 0.717) is 11.1 Å². The monoisotopic (exact) mass is 440 g/mol. The first-order chi connectivity index (χ1) is 15.0. The van der Waals surface area contributed by atoms with Crippen molar-refractivity contribution in [2.75, 3.05) is 0 Å². The summed E-state index contributed by atoms with van der Waals surface area (Å²) in [7, 11) is 0. The van der Waals surface area contributed by atoms with Crippen LogP contribution in [0.15, 0.2) is 42.0 Å². The van der Waals surface area contributed by atoms with Gasteiger partial charge in [-0.3, -0.25) is 4.79 Å². The molecule has 7 nitrogen and oxygen atoms in total. The Balaban J connectivity index is 2.17. The number of rotatable bonds is 6. The van der Waals surface area contributed by atoms with Crippen LogP contribution in [-0.2, 0) is 12.8 Å². The number of carbonyl (C=O) groups excluding carboxylic acids is 1. The molecule has 0 unspecified atom stereocenters. The molecule has 2 aromatic carbocycles. The molecule has 2 aromatic rings. The summed E-state index contributed by atoms with van der Waals surface area (Å²) in [4.78, 5) is 13.1. The van der Waals surface area contributed by atoms with E-state index in [-0.39, 0.29) is 64.7 Å². The van der Waals surface area contributed by atoms with Gasteiger partial charge in [-0.05, 0) is 44.9 Å². The topological polar surface area (TPSA) is 127 Å². The van der Waals surface area contributed by atoms with Gasteiger partial charge in [0, 0.05) is 17.5 Å².